The summed E-state index contributed by atoms with van der Waals surface area (Å²) in [4.78, 5) is 0. The third-order valence-electron chi connectivity index (χ3n) is 3.71. The molecule has 1 aromatic heterocycles. The van der Waals surface area contributed by atoms with Crippen LogP contribution in [0.25, 0.3) is 0 Å². The van der Waals surface area contributed by atoms with Gasteiger partial charge in [-0.2, -0.15) is 5.10 Å². The molecule has 0 saturated heterocycles. The van der Waals surface area contributed by atoms with Crippen molar-refractivity contribution in [2.75, 3.05) is 0 Å². The van der Waals surface area contributed by atoms with Crippen molar-refractivity contribution in [2.45, 2.75) is 71.6 Å². The summed E-state index contributed by atoms with van der Waals surface area (Å²) in [6, 6.07) is 0. The summed E-state index contributed by atoms with van der Waals surface area (Å²) in [7, 11) is 0. The molecule has 0 amide bonds. The van der Waals surface area contributed by atoms with Crippen molar-refractivity contribution in [3.63, 3.8) is 0 Å². The van der Waals surface area contributed by atoms with Gasteiger partial charge >= 0.3 is 0 Å². The van der Waals surface area contributed by atoms with Crippen LogP contribution in [0.15, 0.2) is 4.47 Å². The van der Waals surface area contributed by atoms with Gasteiger partial charge in [-0.3, -0.25) is 4.68 Å². The Morgan fingerprint density at radius 2 is 1.94 bits per heavy atom. The molecule has 0 aliphatic heterocycles. The third kappa shape index (κ3) is 3.35. The molecule has 1 aliphatic rings. The van der Waals surface area contributed by atoms with Gasteiger partial charge in [-0.1, -0.05) is 25.7 Å². The quantitative estimate of drug-likeness (QED) is 0.778. The van der Waals surface area contributed by atoms with Crippen molar-refractivity contribution in [1.29, 1.82) is 0 Å². The molecule has 0 radical (unpaired) electrons. The Morgan fingerprint density at radius 1 is 1.28 bits per heavy atom. The predicted molar refractivity (Wildman–Crippen MR) is 76.6 cm³/mol. The highest BCUT2D eigenvalue weighted by atomic mass is 79.9. The third-order valence-corrected chi connectivity index (χ3v) is 4.74. The van der Waals surface area contributed by atoms with E-state index in [0.29, 0.717) is 12.7 Å². The Labute approximate surface area is 118 Å². The SMILES string of the molecule is CCn1nc(C)c(Br)c1COC1CCCCCC1. The minimum absolute atomic E-state index is 0.444. The maximum Gasteiger partial charge on any atom is 0.0900 e. The average molecular weight is 315 g/mol. The van der Waals surface area contributed by atoms with Gasteiger partial charge in [0.15, 0.2) is 0 Å². The number of nitrogens with zero attached hydrogens (tertiary/aromatic N) is 2. The van der Waals surface area contributed by atoms with Crippen LogP contribution in [0.5, 0.6) is 0 Å². The van der Waals surface area contributed by atoms with Crippen molar-refractivity contribution in [2.24, 2.45) is 0 Å². The minimum Gasteiger partial charge on any atom is -0.372 e. The van der Waals surface area contributed by atoms with Crippen LogP contribution in [-0.4, -0.2) is 15.9 Å². The largest absolute Gasteiger partial charge is 0.372 e. The lowest BCUT2D eigenvalue weighted by atomic mass is 10.1. The molecule has 0 atom stereocenters. The molecule has 2 rings (SSSR count). The summed E-state index contributed by atoms with van der Waals surface area (Å²) >= 11 is 3.62. The van der Waals surface area contributed by atoms with Crippen molar-refractivity contribution in [1.82, 2.24) is 9.78 Å². The molecule has 3 nitrogen and oxygen atoms in total. The molecule has 0 spiro atoms. The molecule has 0 unspecified atom stereocenters. The molecule has 18 heavy (non-hydrogen) atoms. The molecule has 1 fully saturated rings. The number of aryl methyl sites for hydroxylation is 2. The lowest BCUT2D eigenvalue weighted by Gasteiger charge is -2.16. The summed E-state index contributed by atoms with van der Waals surface area (Å²) in [6.07, 6.45) is 8.26. The summed E-state index contributed by atoms with van der Waals surface area (Å²) in [5, 5.41) is 4.50. The van der Waals surface area contributed by atoms with E-state index >= 15 is 0 Å². The van der Waals surface area contributed by atoms with E-state index in [1.54, 1.807) is 0 Å². The van der Waals surface area contributed by atoms with Gasteiger partial charge in [0, 0.05) is 6.54 Å². The highest BCUT2D eigenvalue weighted by molar-refractivity contribution is 9.10. The molecule has 0 bridgehead atoms. The van der Waals surface area contributed by atoms with E-state index in [9.17, 15) is 0 Å². The fourth-order valence-electron chi connectivity index (χ4n) is 2.61. The van der Waals surface area contributed by atoms with Gasteiger partial charge in [0.1, 0.15) is 0 Å². The molecular weight excluding hydrogens is 292 g/mol. The first kappa shape index (κ1) is 14.1. The maximum atomic E-state index is 6.09. The van der Waals surface area contributed by atoms with Crippen molar-refractivity contribution in [3.05, 3.63) is 15.9 Å². The number of rotatable bonds is 4. The van der Waals surface area contributed by atoms with Crippen LogP contribution in [0.1, 0.15) is 56.8 Å². The Hall–Kier alpha value is -0.350. The van der Waals surface area contributed by atoms with E-state index < -0.39 is 0 Å². The molecule has 102 valence electrons. The molecule has 1 aliphatic carbocycles. The van der Waals surface area contributed by atoms with Gasteiger partial charge in [0.05, 0.1) is 28.6 Å². The second-order valence-corrected chi connectivity index (χ2v) is 5.88. The topological polar surface area (TPSA) is 27.1 Å². The molecule has 1 heterocycles. The Morgan fingerprint density at radius 3 is 2.56 bits per heavy atom. The molecule has 0 aromatic carbocycles. The van der Waals surface area contributed by atoms with Crippen LogP contribution in [0, 0.1) is 6.92 Å². The van der Waals surface area contributed by atoms with Crippen LogP contribution in [0.3, 0.4) is 0 Å². The molecule has 1 saturated carbocycles. The van der Waals surface area contributed by atoms with Gasteiger partial charge < -0.3 is 4.74 Å². The first-order valence-electron chi connectivity index (χ1n) is 7.05. The standard InChI is InChI=1S/C14H23BrN2O/c1-3-17-13(14(15)11(2)16-17)10-18-12-8-6-4-5-7-9-12/h12H,3-10H2,1-2H3. The average Bonchev–Trinajstić information content (AvgIpc) is 2.59. The fraction of sp³-hybridized carbons (Fsp3) is 0.786. The van der Waals surface area contributed by atoms with E-state index in [-0.39, 0.29) is 0 Å². The molecule has 1 aromatic rings. The monoisotopic (exact) mass is 314 g/mol. The van der Waals surface area contributed by atoms with Gasteiger partial charge in [0.2, 0.25) is 0 Å². The second-order valence-electron chi connectivity index (χ2n) is 5.09. The lowest BCUT2D eigenvalue weighted by Crippen LogP contribution is -2.14. The van der Waals surface area contributed by atoms with Crippen LogP contribution in [0.4, 0.5) is 0 Å². The van der Waals surface area contributed by atoms with Crippen LogP contribution >= 0.6 is 15.9 Å². The maximum absolute atomic E-state index is 6.09. The van der Waals surface area contributed by atoms with Gasteiger partial charge in [-0.15, -0.1) is 0 Å². The Kier molecular flexibility index (Phi) is 5.25. The Bertz CT molecular complexity index is 381. The zero-order valence-corrected chi connectivity index (χ0v) is 13.0. The van der Waals surface area contributed by atoms with Crippen molar-refractivity contribution >= 4 is 15.9 Å². The van der Waals surface area contributed by atoms with Gasteiger partial charge in [-0.25, -0.2) is 0 Å². The second kappa shape index (κ2) is 6.71. The molecule has 0 N–H and O–H groups in total. The Balaban J connectivity index is 1.96. The van der Waals surface area contributed by atoms with E-state index in [1.165, 1.54) is 44.2 Å². The normalized spacial score (nSPS) is 17.9. The van der Waals surface area contributed by atoms with E-state index in [2.05, 4.69) is 28.0 Å². The number of aromatic nitrogens is 2. The number of hydrogen-bond donors (Lipinski definition) is 0. The number of hydrogen-bond acceptors (Lipinski definition) is 2. The minimum atomic E-state index is 0.444. The first-order valence-corrected chi connectivity index (χ1v) is 7.85. The fourth-order valence-corrected chi connectivity index (χ4v) is 3.01. The van der Waals surface area contributed by atoms with Crippen LogP contribution < -0.4 is 0 Å². The van der Waals surface area contributed by atoms with E-state index in [4.69, 9.17) is 4.74 Å². The highest BCUT2D eigenvalue weighted by Crippen LogP contribution is 2.25. The van der Waals surface area contributed by atoms with Crippen LogP contribution in [-0.2, 0) is 17.9 Å². The van der Waals surface area contributed by atoms with E-state index in [1.807, 2.05) is 11.6 Å². The predicted octanol–water partition coefficient (Wildman–Crippen LogP) is 4.21. The summed E-state index contributed by atoms with van der Waals surface area (Å²) < 4.78 is 9.24. The van der Waals surface area contributed by atoms with Crippen molar-refractivity contribution in [3.8, 4) is 0 Å². The highest BCUT2D eigenvalue weighted by Gasteiger charge is 2.16. The zero-order valence-electron chi connectivity index (χ0n) is 11.4. The van der Waals surface area contributed by atoms with E-state index in [0.717, 1.165) is 16.7 Å². The lowest BCUT2D eigenvalue weighted by molar-refractivity contribution is 0.0270. The summed E-state index contributed by atoms with van der Waals surface area (Å²) in [5.41, 5.74) is 2.23. The van der Waals surface area contributed by atoms with Crippen LogP contribution in [0.2, 0.25) is 0 Å². The summed E-state index contributed by atoms with van der Waals surface area (Å²) in [6.45, 7) is 5.73. The van der Waals surface area contributed by atoms with Crippen molar-refractivity contribution < 1.29 is 4.74 Å². The number of ether oxygens (including phenoxy) is 1. The summed E-state index contributed by atoms with van der Waals surface area (Å²) in [5.74, 6) is 0. The van der Waals surface area contributed by atoms with Gasteiger partial charge in [0.25, 0.3) is 0 Å². The molecular formula is C14H23BrN2O. The number of halogens is 1. The molecule has 4 heteroatoms. The van der Waals surface area contributed by atoms with Gasteiger partial charge in [-0.05, 0) is 42.6 Å². The smallest absolute Gasteiger partial charge is 0.0900 e. The zero-order chi connectivity index (χ0) is 13.0. The first-order chi connectivity index (χ1) is 8.72.